The molecule has 2 N–H and O–H groups in total. The zero-order valence-corrected chi connectivity index (χ0v) is 16.1. The smallest absolute Gasteiger partial charge is 0.279 e. The van der Waals surface area contributed by atoms with Crippen LogP contribution in [0.2, 0.25) is 0 Å². The van der Waals surface area contributed by atoms with Crippen molar-refractivity contribution in [2.45, 2.75) is 39.2 Å². The Balaban J connectivity index is 1.29. The van der Waals surface area contributed by atoms with Gasteiger partial charge < -0.3 is 4.57 Å². The number of hydrazine groups is 1. The number of rotatable bonds is 4. The highest BCUT2D eigenvalue weighted by Gasteiger charge is 2.20. The lowest BCUT2D eigenvalue weighted by Crippen LogP contribution is -2.41. The van der Waals surface area contributed by atoms with Crippen LogP contribution in [0.5, 0.6) is 0 Å². The van der Waals surface area contributed by atoms with E-state index in [0.29, 0.717) is 23.8 Å². The minimum atomic E-state index is -0.234. The molecular weight excluding hydrogens is 358 g/mol. The molecule has 0 fully saturated rings. The molecule has 5 nitrogen and oxygen atoms in total. The summed E-state index contributed by atoms with van der Waals surface area (Å²) in [5.74, 6) is 0.241. The van der Waals surface area contributed by atoms with Gasteiger partial charge in [0, 0.05) is 29.6 Å². The van der Waals surface area contributed by atoms with Crippen LogP contribution in [0.3, 0.4) is 0 Å². The summed E-state index contributed by atoms with van der Waals surface area (Å²) in [6.45, 7) is 2.81. The van der Waals surface area contributed by atoms with Crippen LogP contribution in [0.15, 0.2) is 42.6 Å². The van der Waals surface area contributed by atoms with Crippen molar-refractivity contribution in [1.82, 2.24) is 15.4 Å². The Morgan fingerprint density at radius 3 is 2.96 bits per heavy atom. The zero-order chi connectivity index (χ0) is 18.8. The molecule has 0 radical (unpaired) electrons. The van der Waals surface area contributed by atoms with Gasteiger partial charge in [-0.1, -0.05) is 25.1 Å². The fourth-order valence-electron chi connectivity index (χ4n) is 3.63. The quantitative estimate of drug-likeness (QED) is 0.677. The number of nitrogens with one attached hydrogen (secondary N) is 2. The molecule has 1 aliphatic carbocycles. The van der Waals surface area contributed by atoms with Gasteiger partial charge in [-0.05, 0) is 54.3 Å². The van der Waals surface area contributed by atoms with Gasteiger partial charge in [0.15, 0.2) is 0 Å². The summed E-state index contributed by atoms with van der Waals surface area (Å²) in [5.41, 5.74) is 7.48. The van der Waals surface area contributed by atoms with Crippen molar-refractivity contribution < 1.29 is 9.59 Å². The molecule has 0 saturated carbocycles. The predicted molar refractivity (Wildman–Crippen MR) is 108 cm³/mol. The van der Waals surface area contributed by atoms with E-state index in [2.05, 4.69) is 17.8 Å². The highest BCUT2D eigenvalue weighted by atomic mass is 32.1. The summed E-state index contributed by atoms with van der Waals surface area (Å²) in [6, 6.07) is 12.1. The number of fused-ring (bicyclic) bond motifs is 2. The third kappa shape index (κ3) is 3.90. The second-order valence-electron chi connectivity index (χ2n) is 7.23. The second-order valence-corrected chi connectivity index (χ2v) is 8.36. The largest absolute Gasteiger partial charge is 0.347 e. The molecular formula is C21H23N3O2S. The van der Waals surface area contributed by atoms with Crippen molar-refractivity contribution in [3.63, 3.8) is 0 Å². The maximum absolute atomic E-state index is 12.3. The Labute approximate surface area is 162 Å². The van der Waals surface area contributed by atoms with Gasteiger partial charge >= 0.3 is 0 Å². The van der Waals surface area contributed by atoms with Gasteiger partial charge in [-0.25, -0.2) is 0 Å². The van der Waals surface area contributed by atoms with Gasteiger partial charge in [0.05, 0.1) is 4.88 Å². The third-order valence-corrected chi connectivity index (χ3v) is 6.36. The molecule has 2 amide bonds. The molecule has 4 rings (SSSR count). The van der Waals surface area contributed by atoms with Crippen LogP contribution in [-0.2, 0) is 24.2 Å². The number of thiophene rings is 1. The topological polar surface area (TPSA) is 63.1 Å². The first-order valence-electron chi connectivity index (χ1n) is 9.35. The fourth-order valence-corrected chi connectivity index (χ4v) is 4.73. The monoisotopic (exact) mass is 381 g/mol. The molecule has 0 aliphatic heterocycles. The Morgan fingerprint density at radius 1 is 1.22 bits per heavy atom. The number of aromatic nitrogens is 1. The van der Waals surface area contributed by atoms with E-state index in [1.54, 1.807) is 11.3 Å². The van der Waals surface area contributed by atoms with Crippen LogP contribution < -0.4 is 10.9 Å². The molecule has 1 atom stereocenters. The van der Waals surface area contributed by atoms with E-state index >= 15 is 0 Å². The Morgan fingerprint density at radius 2 is 2.07 bits per heavy atom. The predicted octanol–water partition coefficient (Wildman–Crippen LogP) is 3.68. The van der Waals surface area contributed by atoms with Crippen LogP contribution in [0.4, 0.5) is 0 Å². The zero-order valence-electron chi connectivity index (χ0n) is 15.3. The van der Waals surface area contributed by atoms with E-state index in [1.807, 2.05) is 47.2 Å². The summed E-state index contributed by atoms with van der Waals surface area (Å²) in [5, 5.41) is 1.15. The van der Waals surface area contributed by atoms with Crippen LogP contribution in [0.1, 0.15) is 39.9 Å². The number of hydrogen-bond donors (Lipinski definition) is 2. The van der Waals surface area contributed by atoms with Gasteiger partial charge in [-0.15, -0.1) is 11.3 Å². The lowest BCUT2D eigenvalue weighted by molar-refractivity contribution is -0.122. The highest BCUT2D eigenvalue weighted by Crippen LogP contribution is 2.32. The standard InChI is InChI=1S/C21H23N3O2S/c1-14-6-7-18-16(12-14)13-19(27-18)21(26)23-22-20(25)9-11-24-10-8-15-4-2-3-5-17(15)24/h2-5,8,10,13-14H,6-7,9,11-12H2,1H3,(H,22,25)(H,23,26)/t14-/m0/s1. The molecule has 1 aliphatic rings. The molecule has 2 aromatic heterocycles. The first-order valence-corrected chi connectivity index (χ1v) is 10.2. The number of aryl methyl sites for hydroxylation is 2. The van der Waals surface area contributed by atoms with Crippen LogP contribution in [0, 0.1) is 5.92 Å². The lowest BCUT2D eigenvalue weighted by Gasteiger charge is -2.16. The normalized spacial score (nSPS) is 16.1. The number of nitrogens with zero attached hydrogens (tertiary/aromatic N) is 1. The molecule has 1 aromatic carbocycles. The summed E-state index contributed by atoms with van der Waals surface area (Å²) >= 11 is 1.54. The van der Waals surface area contributed by atoms with Crippen LogP contribution >= 0.6 is 11.3 Å². The Hall–Kier alpha value is -2.60. The van der Waals surface area contributed by atoms with E-state index < -0.39 is 0 Å². The lowest BCUT2D eigenvalue weighted by atomic mass is 9.90. The Kier molecular flexibility index (Phi) is 4.99. The van der Waals surface area contributed by atoms with Crippen LogP contribution in [0.25, 0.3) is 10.9 Å². The molecule has 27 heavy (non-hydrogen) atoms. The third-order valence-electron chi connectivity index (χ3n) is 5.13. The number of carbonyl (C=O) groups is 2. The van der Waals surface area contributed by atoms with E-state index in [-0.39, 0.29) is 11.8 Å². The minimum absolute atomic E-state index is 0.198. The van der Waals surface area contributed by atoms with Crippen molar-refractivity contribution >= 4 is 34.1 Å². The van der Waals surface area contributed by atoms with E-state index in [4.69, 9.17) is 0 Å². The second kappa shape index (κ2) is 7.56. The average Bonchev–Trinajstić information content (AvgIpc) is 3.28. The van der Waals surface area contributed by atoms with Crippen molar-refractivity contribution in [3.8, 4) is 0 Å². The number of benzene rings is 1. The summed E-state index contributed by atoms with van der Waals surface area (Å²) < 4.78 is 2.05. The van der Waals surface area contributed by atoms with Crippen molar-refractivity contribution in [1.29, 1.82) is 0 Å². The van der Waals surface area contributed by atoms with E-state index in [9.17, 15) is 9.59 Å². The summed E-state index contributed by atoms with van der Waals surface area (Å²) in [4.78, 5) is 26.4. The maximum Gasteiger partial charge on any atom is 0.279 e. The molecule has 0 saturated heterocycles. The molecule has 6 heteroatoms. The van der Waals surface area contributed by atoms with Gasteiger partial charge in [-0.3, -0.25) is 20.4 Å². The highest BCUT2D eigenvalue weighted by molar-refractivity contribution is 7.14. The molecule has 3 aromatic rings. The van der Waals surface area contributed by atoms with E-state index in [1.165, 1.54) is 16.9 Å². The number of hydrogen-bond acceptors (Lipinski definition) is 3. The average molecular weight is 382 g/mol. The fraction of sp³-hybridized carbons (Fsp3) is 0.333. The minimum Gasteiger partial charge on any atom is -0.347 e. The van der Waals surface area contributed by atoms with Gasteiger partial charge in [0.1, 0.15) is 0 Å². The van der Waals surface area contributed by atoms with Crippen molar-refractivity contribution in [2.24, 2.45) is 5.92 Å². The molecule has 140 valence electrons. The first kappa shape index (κ1) is 17.8. The number of para-hydroxylation sites is 1. The summed E-state index contributed by atoms with van der Waals surface area (Å²) in [7, 11) is 0. The van der Waals surface area contributed by atoms with Crippen molar-refractivity contribution in [2.75, 3.05) is 0 Å². The van der Waals surface area contributed by atoms with E-state index in [0.717, 1.165) is 23.7 Å². The molecule has 0 bridgehead atoms. The molecule has 2 heterocycles. The maximum atomic E-state index is 12.3. The number of carbonyl (C=O) groups excluding carboxylic acids is 2. The Bertz CT molecular complexity index is 988. The van der Waals surface area contributed by atoms with Crippen LogP contribution in [-0.4, -0.2) is 16.4 Å². The molecule has 0 unspecified atom stereocenters. The van der Waals surface area contributed by atoms with Gasteiger partial charge in [0.25, 0.3) is 5.91 Å². The van der Waals surface area contributed by atoms with Gasteiger partial charge in [0.2, 0.25) is 5.91 Å². The first-order chi connectivity index (χ1) is 13.1. The summed E-state index contributed by atoms with van der Waals surface area (Å²) in [6.07, 6.45) is 5.55. The SMILES string of the molecule is C[C@H]1CCc2sc(C(=O)NNC(=O)CCn3ccc4ccccc43)cc2C1. The van der Waals surface area contributed by atoms with Gasteiger partial charge in [-0.2, -0.15) is 0 Å². The molecule has 0 spiro atoms. The number of amides is 2. The van der Waals surface area contributed by atoms with Crippen molar-refractivity contribution in [3.05, 3.63) is 57.9 Å².